The normalized spacial score (nSPS) is 12.6. The Morgan fingerprint density at radius 2 is 1.61 bits per heavy atom. The van der Waals surface area contributed by atoms with Crippen molar-refractivity contribution in [2.45, 2.75) is 66.3 Å². The molecule has 2 heterocycles. The number of aryl methyl sites for hydroxylation is 1. The van der Waals surface area contributed by atoms with Gasteiger partial charge in [0.2, 0.25) is 0 Å². The van der Waals surface area contributed by atoms with Crippen LogP contribution in [-0.2, 0) is 0 Å². The van der Waals surface area contributed by atoms with Crippen molar-refractivity contribution >= 4 is 21.7 Å². The van der Waals surface area contributed by atoms with Crippen molar-refractivity contribution in [3.8, 4) is 0 Å². The number of imidazole rings is 1. The lowest BCUT2D eigenvalue weighted by Gasteiger charge is -2.16. The van der Waals surface area contributed by atoms with Gasteiger partial charge in [0, 0.05) is 16.8 Å². The van der Waals surface area contributed by atoms with Crippen LogP contribution in [0.1, 0.15) is 75.7 Å². The smallest absolute Gasteiger partial charge is 0.142 e. The summed E-state index contributed by atoms with van der Waals surface area (Å²) < 4.78 is 2.43. The van der Waals surface area contributed by atoms with Crippen molar-refractivity contribution in [2.24, 2.45) is 0 Å². The van der Waals surface area contributed by atoms with Crippen LogP contribution in [0.2, 0.25) is 0 Å². The first kappa shape index (κ1) is 13.6. The van der Waals surface area contributed by atoms with E-state index in [2.05, 4.69) is 53.0 Å². The maximum atomic E-state index is 4.88. The van der Waals surface area contributed by atoms with Crippen molar-refractivity contribution in [1.82, 2.24) is 9.55 Å². The molecular weight excluding hydrogens is 240 g/mol. The maximum Gasteiger partial charge on any atom is 0.142 e. The van der Waals surface area contributed by atoms with Gasteiger partial charge in [-0.1, -0.05) is 27.7 Å². The minimum atomic E-state index is 0.473. The van der Waals surface area contributed by atoms with Crippen LogP contribution in [0.3, 0.4) is 0 Å². The highest BCUT2D eigenvalue weighted by atomic mass is 32.1. The fraction of sp³-hybridized carbons (Fsp3) is 0.667. The second-order valence-corrected chi connectivity index (χ2v) is 7.02. The Hall–Kier alpha value is -0.830. The summed E-state index contributed by atoms with van der Waals surface area (Å²) >= 11 is 1.87. The monoisotopic (exact) mass is 264 g/mol. The third-order valence-corrected chi connectivity index (χ3v) is 4.87. The van der Waals surface area contributed by atoms with Crippen molar-refractivity contribution in [3.63, 3.8) is 0 Å². The zero-order valence-electron chi connectivity index (χ0n) is 12.5. The Morgan fingerprint density at radius 3 is 2.06 bits per heavy atom. The van der Waals surface area contributed by atoms with Gasteiger partial charge in [-0.2, -0.15) is 0 Å². The van der Waals surface area contributed by atoms with Gasteiger partial charge in [0.05, 0.1) is 5.52 Å². The van der Waals surface area contributed by atoms with Gasteiger partial charge in [-0.25, -0.2) is 4.98 Å². The average molecular weight is 264 g/mol. The van der Waals surface area contributed by atoms with Crippen LogP contribution >= 0.6 is 11.3 Å². The van der Waals surface area contributed by atoms with E-state index in [1.165, 1.54) is 26.6 Å². The molecule has 100 valence electrons. The van der Waals surface area contributed by atoms with Crippen LogP contribution in [0.4, 0.5) is 0 Å². The second kappa shape index (κ2) is 4.69. The number of hydrogen-bond donors (Lipinski definition) is 0. The SMILES string of the molecule is Cc1c(C(C)C)sc2nc(C(C)C)n(C(C)C)c12. The largest absolute Gasteiger partial charge is 0.324 e. The molecule has 0 amide bonds. The highest BCUT2D eigenvalue weighted by Crippen LogP contribution is 2.38. The quantitative estimate of drug-likeness (QED) is 0.742. The van der Waals surface area contributed by atoms with Gasteiger partial charge >= 0.3 is 0 Å². The van der Waals surface area contributed by atoms with Gasteiger partial charge in [0.25, 0.3) is 0 Å². The van der Waals surface area contributed by atoms with Gasteiger partial charge in [-0.05, 0) is 32.3 Å². The Balaban J connectivity index is 2.76. The molecule has 2 aromatic heterocycles. The lowest BCUT2D eigenvalue weighted by molar-refractivity contribution is 0.563. The molecule has 0 fully saturated rings. The summed E-state index contributed by atoms with van der Waals surface area (Å²) in [6.07, 6.45) is 0. The summed E-state index contributed by atoms with van der Waals surface area (Å²) in [5.74, 6) is 2.30. The Labute approximate surface area is 114 Å². The molecule has 3 heteroatoms. The van der Waals surface area contributed by atoms with E-state index in [-0.39, 0.29) is 0 Å². The van der Waals surface area contributed by atoms with E-state index in [0.717, 1.165) is 0 Å². The van der Waals surface area contributed by atoms with Gasteiger partial charge in [-0.3, -0.25) is 0 Å². The van der Waals surface area contributed by atoms with E-state index in [0.29, 0.717) is 17.9 Å². The summed E-state index contributed by atoms with van der Waals surface area (Å²) in [7, 11) is 0. The maximum absolute atomic E-state index is 4.88. The molecule has 0 aliphatic rings. The molecule has 0 atom stereocenters. The van der Waals surface area contributed by atoms with Gasteiger partial charge in [0.15, 0.2) is 0 Å². The lowest BCUT2D eigenvalue weighted by Crippen LogP contribution is -2.08. The van der Waals surface area contributed by atoms with Crippen LogP contribution in [-0.4, -0.2) is 9.55 Å². The molecular formula is C15H24N2S. The molecule has 0 N–H and O–H groups in total. The molecule has 2 nitrogen and oxygen atoms in total. The summed E-state index contributed by atoms with van der Waals surface area (Å²) in [4.78, 5) is 7.58. The molecule has 0 aromatic carbocycles. The molecule has 2 aromatic rings. The van der Waals surface area contributed by atoms with E-state index in [1.54, 1.807) is 0 Å². The first-order valence-corrected chi connectivity index (χ1v) is 7.67. The van der Waals surface area contributed by atoms with Gasteiger partial charge < -0.3 is 4.57 Å². The van der Waals surface area contributed by atoms with Crippen LogP contribution in [0.15, 0.2) is 0 Å². The molecule has 0 spiro atoms. The van der Waals surface area contributed by atoms with E-state index in [4.69, 9.17) is 4.98 Å². The fourth-order valence-corrected chi connectivity index (χ4v) is 3.80. The Kier molecular flexibility index (Phi) is 3.54. The van der Waals surface area contributed by atoms with Crippen molar-refractivity contribution in [3.05, 3.63) is 16.3 Å². The molecule has 0 radical (unpaired) electrons. The summed E-state index contributed by atoms with van der Waals surface area (Å²) in [5, 5.41) is 0. The van der Waals surface area contributed by atoms with Crippen LogP contribution < -0.4 is 0 Å². The number of hydrogen-bond acceptors (Lipinski definition) is 2. The molecule has 2 rings (SSSR count). The average Bonchev–Trinajstić information content (AvgIpc) is 2.75. The Morgan fingerprint density at radius 1 is 1.00 bits per heavy atom. The zero-order valence-corrected chi connectivity index (χ0v) is 13.4. The van der Waals surface area contributed by atoms with E-state index >= 15 is 0 Å². The van der Waals surface area contributed by atoms with E-state index < -0.39 is 0 Å². The van der Waals surface area contributed by atoms with Crippen LogP contribution in [0, 0.1) is 6.92 Å². The number of nitrogens with zero attached hydrogens (tertiary/aromatic N) is 2. The second-order valence-electron chi connectivity index (χ2n) is 5.99. The predicted octanol–water partition coefficient (Wildman–Crippen LogP) is 5.23. The molecule has 0 aliphatic carbocycles. The molecule has 0 unspecified atom stereocenters. The summed E-state index contributed by atoms with van der Waals surface area (Å²) in [5.41, 5.74) is 2.79. The zero-order chi connectivity index (χ0) is 13.6. The van der Waals surface area contributed by atoms with Crippen LogP contribution in [0.5, 0.6) is 0 Å². The number of fused-ring (bicyclic) bond motifs is 1. The van der Waals surface area contributed by atoms with Crippen molar-refractivity contribution in [1.29, 1.82) is 0 Å². The fourth-order valence-electron chi connectivity index (χ4n) is 2.62. The minimum Gasteiger partial charge on any atom is -0.324 e. The van der Waals surface area contributed by atoms with Crippen LogP contribution in [0.25, 0.3) is 10.3 Å². The van der Waals surface area contributed by atoms with Gasteiger partial charge in [0.1, 0.15) is 10.7 Å². The minimum absolute atomic E-state index is 0.473. The number of aromatic nitrogens is 2. The molecule has 0 aliphatic heterocycles. The standard InChI is InChI=1S/C15H24N2S/c1-8(2)13-11(7)12-15(18-13)16-14(9(3)4)17(12)10(5)6/h8-10H,1-7H3. The molecule has 18 heavy (non-hydrogen) atoms. The Bertz CT molecular complexity index is 559. The number of thiophene rings is 1. The molecule has 0 bridgehead atoms. The number of rotatable bonds is 3. The van der Waals surface area contributed by atoms with Crippen molar-refractivity contribution < 1.29 is 0 Å². The van der Waals surface area contributed by atoms with Crippen molar-refractivity contribution in [2.75, 3.05) is 0 Å². The topological polar surface area (TPSA) is 17.8 Å². The van der Waals surface area contributed by atoms with E-state index in [1.807, 2.05) is 11.3 Å². The summed E-state index contributed by atoms with van der Waals surface area (Å²) in [6.45, 7) is 15.7. The highest BCUT2D eigenvalue weighted by Gasteiger charge is 2.22. The first-order valence-electron chi connectivity index (χ1n) is 6.85. The van der Waals surface area contributed by atoms with Gasteiger partial charge in [-0.15, -0.1) is 11.3 Å². The summed E-state index contributed by atoms with van der Waals surface area (Å²) in [6, 6.07) is 0.473. The molecule has 0 saturated carbocycles. The lowest BCUT2D eigenvalue weighted by atomic mass is 10.1. The third kappa shape index (κ3) is 1.99. The van der Waals surface area contributed by atoms with E-state index in [9.17, 15) is 0 Å². The predicted molar refractivity (Wildman–Crippen MR) is 80.9 cm³/mol. The highest BCUT2D eigenvalue weighted by molar-refractivity contribution is 7.18. The molecule has 0 saturated heterocycles. The first-order chi connectivity index (χ1) is 8.34. The third-order valence-electron chi connectivity index (χ3n) is 3.40.